The summed E-state index contributed by atoms with van der Waals surface area (Å²) in [7, 11) is 0. The zero-order valence-corrected chi connectivity index (χ0v) is 18.1. The molecule has 7 nitrogen and oxygen atoms in total. The van der Waals surface area contributed by atoms with Gasteiger partial charge >= 0.3 is 5.97 Å². The maximum absolute atomic E-state index is 12.6. The first-order valence-electron chi connectivity index (χ1n) is 10.2. The summed E-state index contributed by atoms with van der Waals surface area (Å²) in [5, 5.41) is 2.66. The average molecular weight is 422 g/mol. The van der Waals surface area contributed by atoms with Crippen LogP contribution >= 0.6 is 0 Å². The molecule has 1 saturated heterocycles. The molecule has 1 aliphatic rings. The fraction of sp³-hybridized carbons (Fsp3) is 0.333. The van der Waals surface area contributed by atoms with Gasteiger partial charge in [-0.3, -0.25) is 19.2 Å². The zero-order valence-electron chi connectivity index (χ0n) is 18.1. The van der Waals surface area contributed by atoms with E-state index in [2.05, 4.69) is 5.32 Å². The molecule has 0 saturated carbocycles. The van der Waals surface area contributed by atoms with E-state index < -0.39 is 23.9 Å². The molecule has 1 N–H and O–H groups in total. The maximum atomic E-state index is 12.6. The molecule has 0 aliphatic carbocycles. The number of hydrogen-bond donors (Lipinski definition) is 1. The Balaban J connectivity index is 1.59. The fourth-order valence-corrected chi connectivity index (χ4v) is 3.48. The second-order valence-electron chi connectivity index (χ2n) is 7.83. The summed E-state index contributed by atoms with van der Waals surface area (Å²) in [6, 6.07) is 12.2. The van der Waals surface area contributed by atoms with E-state index in [0.717, 1.165) is 16.8 Å². The van der Waals surface area contributed by atoms with E-state index in [0.29, 0.717) is 11.3 Å². The van der Waals surface area contributed by atoms with Gasteiger partial charge in [-0.25, -0.2) is 0 Å². The third kappa shape index (κ3) is 4.99. The minimum Gasteiger partial charge on any atom is -0.452 e. The summed E-state index contributed by atoms with van der Waals surface area (Å²) in [5.74, 6) is -1.90. The Labute approximate surface area is 181 Å². The van der Waals surface area contributed by atoms with Gasteiger partial charge in [0.2, 0.25) is 5.91 Å². The number of ketones is 1. The van der Waals surface area contributed by atoms with E-state index in [9.17, 15) is 19.2 Å². The molecule has 0 unspecified atom stereocenters. The van der Waals surface area contributed by atoms with Crippen LogP contribution in [0.25, 0.3) is 0 Å². The Bertz CT molecular complexity index is 1030. The minimum atomic E-state index is -1.02. The molecular formula is C24H26N2O5. The van der Waals surface area contributed by atoms with Crippen LogP contribution in [0.4, 0.5) is 11.4 Å². The zero-order chi connectivity index (χ0) is 22.7. The number of anilines is 2. The number of amides is 2. The van der Waals surface area contributed by atoms with Gasteiger partial charge in [-0.05, 0) is 69.2 Å². The van der Waals surface area contributed by atoms with E-state index >= 15 is 0 Å². The molecule has 1 aliphatic heterocycles. The Morgan fingerprint density at radius 3 is 2.42 bits per heavy atom. The van der Waals surface area contributed by atoms with Crippen molar-refractivity contribution in [1.29, 1.82) is 0 Å². The normalized spacial score (nSPS) is 16.7. The Kier molecular flexibility index (Phi) is 6.53. The lowest BCUT2D eigenvalue weighted by Gasteiger charge is -2.20. The molecule has 2 aromatic rings. The molecule has 7 heteroatoms. The van der Waals surface area contributed by atoms with Gasteiger partial charge in [0.15, 0.2) is 11.9 Å². The molecule has 31 heavy (non-hydrogen) atoms. The Hall–Kier alpha value is -3.48. The molecule has 3 rings (SSSR count). The highest BCUT2D eigenvalue weighted by molar-refractivity contribution is 6.01. The van der Waals surface area contributed by atoms with Gasteiger partial charge in [-0.15, -0.1) is 0 Å². The third-order valence-electron chi connectivity index (χ3n) is 5.55. The Morgan fingerprint density at radius 1 is 1.10 bits per heavy atom. The van der Waals surface area contributed by atoms with Crippen molar-refractivity contribution in [3.05, 3.63) is 59.2 Å². The van der Waals surface area contributed by atoms with Crippen molar-refractivity contribution in [3.63, 3.8) is 0 Å². The molecule has 2 atom stereocenters. The van der Waals surface area contributed by atoms with E-state index in [4.69, 9.17) is 4.74 Å². The number of hydrogen-bond acceptors (Lipinski definition) is 5. The van der Waals surface area contributed by atoms with Crippen molar-refractivity contribution in [1.82, 2.24) is 0 Å². The van der Waals surface area contributed by atoms with E-state index in [1.807, 2.05) is 32.0 Å². The number of ether oxygens (including phenoxy) is 1. The molecule has 0 bridgehead atoms. The van der Waals surface area contributed by atoms with E-state index in [-0.39, 0.29) is 24.7 Å². The van der Waals surface area contributed by atoms with Crippen LogP contribution in [0.2, 0.25) is 0 Å². The summed E-state index contributed by atoms with van der Waals surface area (Å²) in [6.45, 7) is 7.08. The molecular weight excluding hydrogens is 396 g/mol. The first-order chi connectivity index (χ1) is 14.7. The predicted octanol–water partition coefficient (Wildman–Crippen LogP) is 3.43. The van der Waals surface area contributed by atoms with Crippen LogP contribution in [-0.4, -0.2) is 36.2 Å². The Morgan fingerprint density at radius 2 is 1.77 bits per heavy atom. The van der Waals surface area contributed by atoms with Crippen molar-refractivity contribution < 1.29 is 23.9 Å². The van der Waals surface area contributed by atoms with Crippen LogP contribution in [0.15, 0.2) is 42.5 Å². The molecule has 0 spiro atoms. The quantitative estimate of drug-likeness (QED) is 0.569. The summed E-state index contributed by atoms with van der Waals surface area (Å²) in [5.41, 5.74) is 3.89. The number of rotatable bonds is 6. The standard InChI is InChI=1S/C24H26N2O5/c1-14-6-5-7-21(15(14)2)26-13-19(12-22(26)28)24(30)31-17(4)23(29)25-20-10-8-18(9-11-20)16(3)27/h5-11,17,19H,12-13H2,1-4H3,(H,25,29)/t17-,19+/m1/s1. The number of carbonyl (C=O) groups excluding carboxylic acids is 4. The number of nitrogens with one attached hydrogen (secondary N) is 1. The first kappa shape index (κ1) is 22.2. The number of benzene rings is 2. The maximum Gasteiger partial charge on any atom is 0.312 e. The largest absolute Gasteiger partial charge is 0.452 e. The van der Waals surface area contributed by atoms with E-state index in [1.54, 1.807) is 29.2 Å². The number of aryl methyl sites for hydroxylation is 1. The second-order valence-corrected chi connectivity index (χ2v) is 7.83. The van der Waals surface area contributed by atoms with Crippen LogP contribution < -0.4 is 10.2 Å². The van der Waals surface area contributed by atoms with Crippen LogP contribution in [0.1, 0.15) is 41.8 Å². The lowest BCUT2D eigenvalue weighted by Crippen LogP contribution is -2.33. The second kappa shape index (κ2) is 9.12. The smallest absolute Gasteiger partial charge is 0.312 e. The van der Waals surface area contributed by atoms with Crippen molar-refractivity contribution in [2.24, 2.45) is 5.92 Å². The molecule has 1 fully saturated rings. The van der Waals surface area contributed by atoms with Crippen molar-refractivity contribution >= 4 is 34.9 Å². The lowest BCUT2D eigenvalue weighted by atomic mass is 10.1. The highest BCUT2D eigenvalue weighted by Gasteiger charge is 2.37. The van der Waals surface area contributed by atoms with Gasteiger partial charge in [0.25, 0.3) is 5.91 Å². The fourth-order valence-electron chi connectivity index (χ4n) is 3.48. The summed E-state index contributed by atoms with van der Waals surface area (Å²) in [6.07, 6.45) is -0.975. The van der Waals surface area contributed by atoms with Crippen LogP contribution in [0.3, 0.4) is 0 Å². The molecule has 0 aromatic heterocycles. The SMILES string of the molecule is CC(=O)c1ccc(NC(=O)[C@@H](C)OC(=O)[C@H]2CC(=O)N(c3cccc(C)c3C)C2)cc1. The van der Waals surface area contributed by atoms with Crippen LogP contribution in [0.5, 0.6) is 0 Å². The molecule has 2 amide bonds. The molecule has 2 aromatic carbocycles. The number of carbonyl (C=O) groups is 4. The van der Waals surface area contributed by atoms with Gasteiger partial charge in [-0.2, -0.15) is 0 Å². The van der Waals surface area contributed by atoms with Gasteiger partial charge in [0.1, 0.15) is 0 Å². The summed E-state index contributed by atoms with van der Waals surface area (Å²) >= 11 is 0. The lowest BCUT2D eigenvalue weighted by molar-refractivity contribution is -0.157. The van der Waals surface area contributed by atoms with Crippen molar-refractivity contribution in [2.45, 2.75) is 40.2 Å². The molecule has 162 valence electrons. The predicted molar refractivity (Wildman–Crippen MR) is 117 cm³/mol. The van der Waals surface area contributed by atoms with Gasteiger partial charge in [0.05, 0.1) is 5.92 Å². The van der Waals surface area contributed by atoms with Gasteiger partial charge in [0, 0.05) is 29.9 Å². The highest BCUT2D eigenvalue weighted by atomic mass is 16.5. The van der Waals surface area contributed by atoms with Gasteiger partial charge in [-0.1, -0.05) is 12.1 Å². The van der Waals surface area contributed by atoms with Crippen molar-refractivity contribution in [2.75, 3.05) is 16.8 Å². The van der Waals surface area contributed by atoms with Crippen molar-refractivity contribution in [3.8, 4) is 0 Å². The topological polar surface area (TPSA) is 92.8 Å². The number of nitrogens with zero attached hydrogens (tertiary/aromatic N) is 1. The number of esters is 1. The first-order valence-corrected chi connectivity index (χ1v) is 10.2. The molecule has 0 radical (unpaired) electrons. The van der Waals surface area contributed by atoms with Crippen LogP contribution in [0, 0.1) is 19.8 Å². The summed E-state index contributed by atoms with van der Waals surface area (Å²) in [4.78, 5) is 50.4. The van der Waals surface area contributed by atoms with Crippen LogP contribution in [-0.2, 0) is 19.1 Å². The third-order valence-corrected chi connectivity index (χ3v) is 5.55. The minimum absolute atomic E-state index is 0.0487. The highest BCUT2D eigenvalue weighted by Crippen LogP contribution is 2.30. The monoisotopic (exact) mass is 422 g/mol. The summed E-state index contributed by atoms with van der Waals surface area (Å²) < 4.78 is 5.33. The van der Waals surface area contributed by atoms with Gasteiger partial charge < -0.3 is 15.0 Å². The molecule has 1 heterocycles. The number of Topliss-reactive ketones (excluding diaryl/α,β-unsaturated/α-hetero) is 1. The average Bonchev–Trinajstić information content (AvgIpc) is 3.12. The van der Waals surface area contributed by atoms with E-state index in [1.165, 1.54) is 13.8 Å².